The number of para-hydroxylation sites is 4. The lowest BCUT2D eigenvalue weighted by Gasteiger charge is -2.33. The van der Waals surface area contributed by atoms with E-state index in [-0.39, 0.29) is 5.49 Å². The molecule has 0 spiro atoms. The van der Waals surface area contributed by atoms with Crippen molar-refractivity contribution in [3.63, 3.8) is 0 Å². The molecular formula is C42H26BF2N5S2. The van der Waals surface area contributed by atoms with Gasteiger partial charge in [0.15, 0.2) is 5.82 Å². The van der Waals surface area contributed by atoms with Gasteiger partial charge in [-0.25, -0.2) is 9.98 Å². The number of benzene rings is 6. The van der Waals surface area contributed by atoms with E-state index in [9.17, 15) is 8.63 Å². The van der Waals surface area contributed by atoms with Crippen LogP contribution in [-0.2, 0) is 0 Å². The summed E-state index contributed by atoms with van der Waals surface area (Å²) >= 11 is 3.50. The lowest BCUT2D eigenvalue weighted by atomic mass is 10.1. The number of halogens is 2. The highest BCUT2D eigenvalue weighted by Crippen LogP contribution is 2.52. The van der Waals surface area contributed by atoms with E-state index in [2.05, 4.69) is 93.7 Å². The highest BCUT2D eigenvalue weighted by atomic mass is 32.2. The molecule has 0 radical (unpaired) electrons. The number of pyridine rings is 2. The van der Waals surface area contributed by atoms with Crippen LogP contribution in [0.25, 0.3) is 21.8 Å². The van der Waals surface area contributed by atoms with Crippen molar-refractivity contribution in [1.29, 1.82) is 0 Å². The van der Waals surface area contributed by atoms with Gasteiger partial charge < -0.3 is 14.3 Å². The van der Waals surface area contributed by atoms with E-state index >= 15 is 0 Å². The number of rotatable bonds is 4. The number of aromatic nitrogens is 2. The molecule has 10 heteroatoms. The molecule has 2 aromatic heterocycles. The van der Waals surface area contributed by atoms with E-state index in [1.54, 1.807) is 41.7 Å². The van der Waals surface area contributed by atoms with Gasteiger partial charge in [0.25, 0.3) is 0 Å². The molecule has 2 aliphatic heterocycles. The molecule has 0 fully saturated rings. The van der Waals surface area contributed by atoms with Crippen molar-refractivity contribution in [2.75, 3.05) is 9.80 Å². The van der Waals surface area contributed by atoms with E-state index in [0.29, 0.717) is 16.7 Å². The fourth-order valence-corrected chi connectivity index (χ4v) is 9.20. The Bertz CT molecular complexity index is 2700. The zero-order chi connectivity index (χ0) is 34.8. The van der Waals surface area contributed by atoms with Gasteiger partial charge in [0, 0.05) is 41.9 Å². The first kappa shape index (κ1) is 30.9. The molecule has 6 aromatic carbocycles. The van der Waals surface area contributed by atoms with Crippen molar-refractivity contribution in [3.05, 3.63) is 163 Å². The molecule has 0 atom stereocenters. The number of nitrogens with zero attached hydrogens (tertiary/aromatic N) is 5. The third kappa shape index (κ3) is 5.17. The van der Waals surface area contributed by atoms with Crippen molar-refractivity contribution in [3.8, 4) is 0 Å². The van der Waals surface area contributed by atoms with Crippen LogP contribution in [-0.4, -0.2) is 16.9 Å². The summed E-state index contributed by atoms with van der Waals surface area (Å²) in [5.74, 6) is 0.356. The van der Waals surface area contributed by atoms with Gasteiger partial charge >= 0.3 is 7.40 Å². The van der Waals surface area contributed by atoms with Crippen LogP contribution in [0.4, 0.5) is 48.6 Å². The first-order chi connectivity index (χ1) is 25.6. The Balaban J connectivity index is 1.03. The zero-order valence-electron chi connectivity index (χ0n) is 27.4. The minimum absolute atomic E-state index is 0.128. The van der Waals surface area contributed by atoms with Gasteiger partial charge in [-0.3, -0.25) is 8.63 Å². The van der Waals surface area contributed by atoms with Crippen LogP contribution in [0.1, 0.15) is 0 Å². The molecule has 0 aliphatic carbocycles. The Kier molecular flexibility index (Phi) is 7.40. The number of hydrogen-bond acceptors (Lipinski definition) is 6. The highest BCUT2D eigenvalue weighted by Gasteiger charge is 2.27. The minimum atomic E-state index is -2.81. The molecule has 0 saturated heterocycles. The molecule has 0 saturated carbocycles. The monoisotopic (exact) mass is 713 g/mol. The Morgan fingerprint density at radius 3 is 1.52 bits per heavy atom. The van der Waals surface area contributed by atoms with Crippen LogP contribution in [0.15, 0.2) is 182 Å². The lowest BCUT2D eigenvalue weighted by molar-refractivity contribution is 0.627. The minimum Gasteiger partial charge on any atom is -0.310 e. The van der Waals surface area contributed by atoms with Gasteiger partial charge in [0.05, 0.1) is 28.3 Å². The predicted octanol–water partition coefficient (Wildman–Crippen LogP) is 12.1. The second kappa shape index (κ2) is 12.4. The molecule has 5 nitrogen and oxygen atoms in total. The largest absolute Gasteiger partial charge is 0.679 e. The maximum atomic E-state index is 14.9. The zero-order valence-corrected chi connectivity index (χ0v) is 29.0. The quantitative estimate of drug-likeness (QED) is 0.170. The summed E-state index contributed by atoms with van der Waals surface area (Å²) in [4.78, 5) is 18.6. The van der Waals surface area contributed by atoms with Gasteiger partial charge in [0.1, 0.15) is 5.49 Å². The first-order valence-corrected chi connectivity index (χ1v) is 18.4. The smallest absolute Gasteiger partial charge is 0.310 e. The lowest BCUT2D eigenvalue weighted by Crippen LogP contribution is -2.29. The molecule has 2 aliphatic rings. The third-order valence-electron chi connectivity index (χ3n) is 9.39. The maximum absolute atomic E-state index is 14.9. The Hall–Kier alpha value is -5.84. The fourth-order valence-electron chi connectivity index (χ4n) is 7.08. The van der Waals surface area contributed by atoms with Crippen LogP contribution in [0.3, 0.4) is 0 Å². The fraction of sp³-hybridized carbons (Fsp3) is 0. The topological polar surface area (TPSA) is 36.7 Å². The second-order valence-electron chi connectivity index (χ2n) is 12.5. The second-order valence-corrected chi connectivity index (χ2v) is 14.7. The molecule has 0 N–H and O–H groups in total. The third-order valence-corrected chi connectivity index (χ3v) is 11.7. The summed E-state index contributed by atoms with van der Waals surface area (Å²) in [6.45, 7) is 0. The van der Waals surface area contributed by atoms with Gasteiger partial charge in [-0.1, -0.05) is 72.1 Å². The van der Waals surface area contributed by atoms with E-state index in [1.165, 1.54) is 9.79 Å². The number of hydrogen-bond donors (Lipinski definition) is 0. The standard InChI is InChI=1S/C42H26BF2N5S2/c44-43(45)50-32-22-20-30(49-35-11-3-7-15-39(35)52-40-16-8-4-12-36(40)49)26-28(32)18-24-42(50)47-41-23-17-27-25-29(19-21-31(27)46-41)48-33-9-1-5-13-37(33)51-38-14-6-2-10-34(38)48/h1-26H. The average Bonchev–Trinajstić information content (AvgIpc) is 3.18. The normalized spacial score (nSPS) is 13.5. The van der Waals surface area contributed by atoms with Crippen LogP contribution in [0, 0.1) is 0 Å². The van der Waals surface area contributed by atoms with E-state index in [4.69, 9.17) is 4.98 Å². The van der Waals surface area contributed by atoms with E-state index in [0.717, 1.165) is 59.3 Å². The van der Waals surface area contributed by atoms with Crippen LogP contribution < -0.4 is 15.3 Å². The number of anilines is 6. The van der Waals surface area contributed by atoms with Gasteiger partial charge in [-0.05, 0) is 115 Å². The molecule has 248 valence electrons. The van der Waals surface area contributed by atoms with Gasteiger partial charge in [-0.2, -0.15) is 0 Å². The first-order valence-electron chi connectivity index (χ1n) is 16.8. The maximum Gasteiger partial charge on any atom is 0.679 e. The van der Waals surface area contributed by atoms with Crippen molar-refractivity contribution >= 4 is 92.7 Å². The summed E-state index contributed by atoms with van der Waals surface area (Å²) in [5, 5.41) is 1.61. The Labute approximate surface area is 307 Å². The van der Waals surface area contributed by atoms with Crippen molar-refractivity contribution in [2.45, 2.75) is 19.6 Å². The summed E-state index contributed by atoms with van der Waals surface area (Å²) in [7, 11) is -2.81. The van der Waals surface area contributed by atoms with Crippen molar-refractivity contribution in [1.82, 2.24) is 9.46 Å². The van der Waals surface area contributed by atoms with E-state index < -0.39 is 7.40 Å². The molecule has 0 amide bonds. The molecule has 0 unspecified atom stereocenters. The van der Waals surface area contributed by atoms with Crippen molar-refractivity contribution in [2.24, 2.45) is 4.99 Å². The predicted molar refractivity (Wildman–Crippen MR) is 210 cm³/mol. The molecule has 10 rings (SSSR count). The summed E-state index contributed by atoms with van der Waals surface area (Å²) in [6, 6.07) is 52.3. The Morgan fingerprint density at radius 1 is 0.500 bits per heavy atom. The average molecular weight is 714 g/mol. The van der Waals surface area contributed by atoms with Crippen LogP contribution in [0.2, 0.25) is 0 Å². The van der Waals surface area contributed by atoms with E-state index in [1.807, 2.05) is 60.7 Å². The summed E-state index contributed by atoms with van der Waals surface area (Å²) in [5.41, 5.74) is 7.50. The number of fused-ring (bicyclic) bond motifs is 6. The van der Waals surface area contributed by atoms with Crippen LogP contribution >= 0.6 is 23.5 Å². The Morgan fingerprint density at radius 2 is 0.981 bits per heavy atom. The molecule has 8 aromatic rings. The molecular weight excluding hydrogens is 687 g/mol. The SMILES string of the molecule is FB(F)n1c(=Nc2ccc3cc(N4c5ccccc5Sc5ccccc54)ccc3n2)ccc2cc(N3c4ccccc4Sc4ccccc43)ccc21. The highest BCUT2D eigenvalue weighted by molar-refractivity contribution is 8.00. The molecule has 52 heavy (non-hydrogen) atoms. The van der Waals surface area contributed by atoms with Gasteiger partial charge in [-0.15, -0.1) is 0 Å². The summed E-state index contributed by atoms with van der Waals surface area (Å²) < 4.78 is 30.7. The van der Waals surface area contributed by atoms with Crippen LogP contribution in [0.5, 0.6) is 0 Å². The molecule has 4 heterocycles. The van der Waals surface area contributed by atoms with Crippen molar-refractivity contribution < 1.29 is 8.63 Å². The van der Waals surface area contributed by atoms with Gasteiger partial charge in [0.2, 0.25) is 0 Å². The molecule has 0 bridgehead atoms. The summed E-state index contributed by atoms with van der Waals surface area (Å²) in [6.07, 6.45) is 0.